The quantitative estimate of drug-likeness (QED) is 0.336. The van der Waals surface area contributed by atoms with Crippen molar-refractivity contribution < 1.29 is 24.1 Å². The predicted octanol–water partition coefficient (Wildman–Crippen LogP) is 3.65. The number of carbonyl (C=O) groups is 2. The summed E-state index contributed by atoms with van der Waals surface area (Å²) >= 11 is 0. The van der Waals surface area contributed by atoms with Crippen LogP contribution in [0.3, 0.4) is 0 Å². The van der Waals surface area contributed by atoms with E-state index in [1.165, 1.54) is 24.3 Å². The second kappa shape index (κ2) is 8.03. The number of rotatable bonds is 5. The number of nitrogens with zero attached hydrogens (tertiary/aromatic N) is 3. The number of fused-ring (bicyclic) bond motifs is 1. The first-order chi connectivity index (χ1) is 16.0. The van der Waals surface area contributed by atoms with E-state index in [4.69, 9.17) is 9.57 Å². The third kappa shape index (κ3) is 3.39. The number of anilines is 2. The first-order valence-electron chi connectivity index (χ1n) is 10.3. The third-order valence-electron chi connectivity index (χ3n) is 5.86. The van der Waals surface area contributed by atoms with Crippen LogP contribution in [-0.2, 0) is 14.4 Å². The highest BCUT2D eigenvalue weighted by atomic mass is 16.7. The Labute approximate surface area is 188 Å². The maximum atomic E-state index is 13.6. The molecule has 0 unspecified atom stereocenters. The molecule has 0 spiro atoms. The van der Waals surface area contributed by atoms with Gasteiger partial charge in [0.25, 0.3) is 11.6 Å². The number of nitro benzene ring substituents is 1. The summed E-state index contributed by atoms with van der Waals surface area (Å²) in [6, 6.07) is 21.3. The van der Waals surface area contributed by atoms with E-state index in [1.54, 1.807) is 24.3 Å². The molecule has 0 radical (unpaired) electrons. The molecule has 33 heavy (non-hydrogen) atoms. The number of benzene rings is 3. The van der Waals surface area contributed by atoms with Crippen molar-refractivity contribution in [3.05, 3.63) is 94.5 Å². The van der Waals surface area contributed by atoms with Crippen LogP contribution in [0.1, 0.15) is 11.6 Å². The lowest BCUT2D eigenvalue weighted by Gasteiger charge is -2.28. The first kappa shape index (κ1) is 20.7. The molecule has 2 aliphatic rings. The zero-order chi connectivity index (χ0) is 23.1. The Balaban J connectivity index is 1.59. The summed E-state index contributed by atoms with van der Waals surface area (Å²) in [7, 11) is 1.55. The molecular weight excluding hydrogens is 426 g/mol. The molecule has 5 rings (SSSR count). The minimum atomic E-state index is -1.06. The predicted molar refractivity (Wildman–Crippen MR) is 119 cm³/mol. The van der Waals surface area contributed by atoms with E-state index in [-0.39, 0.29) is 11.4 Å². The van der Waals surface area contributed by atoms with E-state index in [0.717, 1.165) is 10.5 Å². The van der Waals surface area contributed by atoms with Gasteiger partial charge in [-0.15, -0.1) is 0 Å². The number of carbonyl (C=O) groups excluding carboxylic acids is 2. The van der Waals surface area contributed by atoms with Gasteiger partial charge in [-0.3, -0.25) is 24.5 Å². The van der Waals surface area contributed by atoms with Crippen LogP contribution in [0.5, 0.6) is 5.75 Å². The smallest absolute Gasteiger partial charge is 0.271 e. The molecule has 0 N–H and O–H groups in total. The first-order valence-corrected chi connectivity index (χ1v) is 10.3. The van der Waals surface area contributed by atoms with E-state index in [9.17, 15) is 19.7 Å². The Hall–Kier alpha value is -4.24. The maximum Gasteiger partial charge on any atom is 0.271 e. The van der Waals surface area contributed by atoms with Crippen LogP contribution in [0.15, 0.2) is 78.9 Å². The Morgan fingerprint density at radius 2 is 1.64 bits per heavy atom. The van der Waals surface area contributed by atoms with Crippen molar-refractivity contribution in [3.8, 4) is 5.75 Å². The fraction of sp³-hybridized carbons (Fsp3) is 0.167. The highest BCUT2D eigenvalue weighted by Gasteiger charge is 2.60. The summed E-state index contributed by atoms with van der Waals surface area (Å²) < 4.78 is 5.36. The summed E-state index contributed by atoms with van der Waals surface area (Å²) in [5, 5.41) is 12.8. The van der Waals surface area contributed by atoms with Crippen molar-refractivity contribution in [2.75, 3.05) is 17.1 Å². The van der Waals surface area contributed by atoms with E-state index in [2.05, 4.69) is 0 Å². The number of amides is 2. The number of hydroxylamine groups is 1. The Morgan fingerprint density at radius 3 is 2.36 bits per heavy atom. The molecule has 3 aromatic rings. The number of hydrogen-bond donors (Lipinski definition) is 0. The highest BCUT2D eigenvalue weighted by Crippen LogP contribution is 2.48. The lowest BCUT2D eigenvalue weighted by Crippen LogP contribution is -2.37. The lowest BCUT2D eigenvalue weighted by molar-refractivity contribution is -0.384. The van der Waals surface area contributed by atoms with Crippen LogP contribution in [0, 0.1) is 16.0 Å². The Morgan fingerprint density at radius 1 is 0.909 bits per heavy atom. The molecule has 2 saturated heterocycles. The van der Waals surface area contributed by atoms with E-state index in [0.29, 0.717) is 11.4 Å². The number of non-ortho nitro benzene ring substituents is 1. The van der Waals surface area contributed by atoms with Crippen LogP contribution < -0.4 is 14.7 Å². The molecule has 166 valence electrons. The molecule has 0 bridgehead atoms. The molecule has 0 aliphatic carbocycles. The topological polar surface area (TPSA) is 102 Å². The van der Waals surface area contributed by atoms with Crippen LogP contribution in [0.4, 0.5) is 17.1 Å². The molecule has 3 aromatic carbocycles. The normalized spacial score (nSPS) is 21.9. The second-order valence-corrected chi connectivity index (χ2v) is 7.72. The molecule has 9 nitrogen and oxygen atoms in total. The van der Waals surface area contributed by atoms with Gasteiger partial charge in [0.1, 0.15) is 11.7 Å². The van der Waals surface area contributed by atoms with Crippen LogP contribution in [-0.4, -0.2) is 30.0 Å². The van der Waals surface area contributed by atoms with Gasteiger partial charge in [0.05, 0.1) is 29.4 Å². The van der Waals surface area contributed by atoms with Crippen molar-refractivity contribution in [2.45, 2.75) is 12.1 Å². The Kier molecular flexibility index (Phi) is 5.02. The summed E-state index contributed by atoms with van der Waals surface area (Å²) in [6.07, 6.45) is -1.06. The monoisotopic (exact) mass is 445 g/mol. The average molecular weight is 445 g/mol. The number of imide groups is 1. The fourth-order valence-electron chi connectivity index (χ4n) is 4.38. The number of para-hydroxylation sites is 1. The lowest BCUT2D eigenvalue weighted by atomic mass is 9.90. The zero-order valence-corrected chi connectivity index (χ0v) is 17.5. The number of methoxy groups -OCH3 is 1. The number of ether oxygens (including phenoxy) is 1. The van der Waals surface area contributed by atoms with Crippen LogP contribution >= 0.6 is 0 Å². The van der Waals surface area contributed by atoms with Gasteiger partial charge >= 0.3 is 0 Å². The van der Waals surface area contributed by atoms with Crippen molar-refractivity contribution >= 4 is 28.9 Å². The third-order valence-corrected chi connectivity index (χ3v) is 5.86. The van der Waals surface area contributed by atoms with E-state index in [1.807, 2.05) is 42.5 Å². The van der Waals surface area contributed by atoms with Gasteiger partial charge in [0, 0.05) is 12.1 Å². The largest absolute Gasteiger partial charge is 0.497 e. The van der Waals surface area contributed by atoms with Gasteiger partial charge < -0.3 is 4.74 Å². The average Bonchev–Trinajstić information content (AvgIpc) is 3.35. The molecule has 2 amide bonds. The van der Waals surface area contributed by atoms with Gasteiger partial charge in [0.2, 0.25) is 5.91 Å². The van der Waals surface area contributed by atoms with Crippen molar-refractivity contribution in [1.82, 2.24) is 0 Å². The number of nitro groups is 1. The van der Waals surface area contributed by atoms with Gasteiger partial charge in [-0.1, -0.05) is 36.4 Å². The van der Waals surface area contributed by atoms with Gasteiger partial charge in [-0.2, -0.15) is 0 Å². The molecular formula is C24H19N3O6. The summed E-state index contributed by atoms with van der Waals surface area (Å²) in [5.74, 6) is -1.27. The standard InChI is InChI=1S/C24H19N3O6/c1-32-19-12-5-7-15(13-19)21-20-22(33-26(21)16-8-3-2-4-9-16)24(29)25(23(20)28)17-10-6-11-18(14-17)27(30)31/h2-14,20-22H,1H3/t20-,21-,22+/m1/s1. The summed E-state index contributed by atoms with van der Waals surface area (Å²) in [5.41, 5.74) is 1.38. The van der Waals surface area contributed by atoms with Gasteiger partial charge in [0.15, 0.2) is 6.10 Å². The van der Waals surface area contributed by atoms with Crippen molar-refractivity contribution in [2.24, 2.45) is 5.92 Å². The molecule has 0 saturated carbocycles. The van der Waals surface area contributed by atoms with Gasteiger partial charge in [-0.25, -0.2) is 9.96 Å². The zero-order valence-electron chi connectivity index (χ0n) is 17.5. The van der Waals surface area contributed by atoms with Crippen molar-refractivity contribution in [3.63, 3.8) is 0 Å². The molecule has 0 aromatic heterocycles. The van der Waals surface area contributed by atoms with E-state index < -0.39 is 34.8 Å². The van der Waals surface area contributed by atoms with Crippen LogP contribution in [0.2, 0.25) is 0 Å². The van der Waals surface area contributed by atoms with Crippen molar-refractivity contribution in [1.29, 1.82) is 0 Å². The highest BCUT2D eigenvalue weighted by molar-refractivity contribution is 6.24. The second-order valence-electron chi connectivity index (χ2n) is 7.72. The minimum Gasteiger partial charge on any atom is -0.497 e. The fourth-order valence-corrected chi connectivity index (χ4v) is 4.38. The molecule has 9 heteroatoms. The summed E-state index contributed by atoms with van der Waals surface area (Å²) in [4.78, 5) is 44.6. The van der Waals surface area contributed by atoms with Gasteiger partial charge in [-0.05, 0) is 35.9 Å². The SMILES string of the molecule is COc1cccc([C@@H]2[C@H]3C(=O)N(c4cccc([N+](=O)[O-])c4)C(=O)[C@H]3ON2c2ccccc2)c1. The number of hydrogen-bond acceptors (Lipinski definition) is 7. The molecule has 2 heterocycles. The maximum absolute atomic E-state index is 13.6. The molecule has 3 atom stereocenters. The molecule has 2 fully saturated rings. The van der Waals surface area contributed by atoms with Crippen LogP contribution in [0.25, 0.3) is 0 Å². The Bertz CT molecular complexity index is 1250. The van der Waals surface area contributed by atoms with E-state index >= 15 is 0 Å². The minimum absolute atomic E-state index is 0.146. The summed E-state index contributed by atoms with van der Waals surface area (Å²) in [6.45, 7) is 0. The molecule has 2 aliphatic heterocycles.